The number of hydrogen-bond donors (Lipinski definition) is 2. The van der Waals surface area contributed by atoms with Gasteiger partial charge in [0.25, 0.3) is 0 Å². The van der Waals surface area contributed by atoms with E-state index in [1.54, 1.807) is 59.5 Å². The van der Waals surface area contributed by atoms with Crippen molar-refractivity contribution >= 4 is 48.8 Å². The van der Waals surface area contributed by atoms with Crippen LogP contribution in [0.1, 0.15) is 54.4 Å². The lowest BCUT2D eigenvalue weighted by Crippen LogP contribution is -2.32. The Labute approximate surface area is 276 Å². The van der Waals surface area contributed by atoms with Gasteiger partial charge in [-0.1, -0.05) is 11.8 Å². The summed E-state index contributed by atoms with van der Waals surface area (Å²) in [5, 5.41) is 0.538. The van der Waals surface area contributed by atoms with E-state index in [1.165, 1.54) is 11.8 Å². The number of rotatable bonds is 13. The normalized spacial score (nSPS) is 15.6. The van der Waals surface area contributed by atoms with E-state index in [1.807, 2.05) is 24.3 Å². The first-order valence-electron chi connectivity index (χ1n) is 14.6. The lowest BCUT2D eigenvalue weighted by molar-refractivity contribution is -0.267. The van der Waals surface area contributed by atoms with E-state index in [2.05, 4.69) is 15.0 Å². The third-order valence-electron chi connectivity index (χ3n) is 6.34. The predicted molar refractivity (Wildman–Crippen MR) is 169 cm³/mol. The smallest absolute Gasteiger partial charge is 0.497 e. The van der Waals surface area contributed by atoms with E-state index >= 15 is 0 Å². The molecule has 0 aliphatic heterocycles. The number of nitrogen functional groups attached to an aromatic ring is 1. The van der Waals surface area contributed by atoms with Gasteiger partial charge in [-0.05, 0) is 78.6 Å². The molecule has 0 radical (unpaired) electrons. The average molecular weight is 698 g/mol. The summed E-state index contributed by atoms with van der Waals surface area (Å²) < 4.78 is 45.7. The Morgan fingerprint density at radius 3 is 2.11 bits per heavy atom. The van der Waals surface area contributed by atoms with Gasteiger partial charge in [-0.15, -0.1) is 4.67 Å². The Hall–Kier alpha value is -3.63. The summed E-state index contributed by atoms with van der Waals surface area (Å²) in [6.07, 6.45) is 0.335. The van der Waals surface area contributed by atoms with Crippen molar-refractivity contribution in [1.29, 1.82) is 0 Å². The number of imidazole rings is 1. The number of carbonyl (C=O) groups excluding carboxylic acids is 2. The number of aromatic nitrogens is 4. The van der Waals surface area contributed by atoms with Crippen LogP contribution >= 0.6 is 19.4 Å². The van der Waals surface area contributed by atoms with Crippen LogP contribution in [-0.4, -0.2) is 79.5 Å². The van der Waals surface area contributed by atoms with Crippen molar-refractivity contribution < 1.29 is 52.3 Å². The Morgan fingerprint density at radius 1 is 1.02 bits per heavy atom. The van der Waals surface area contributed by atoms with Crippen LogP contribution in [0.2, 0.25) is 0 Å². The summed E-state index contributed by atoms with van der Waals surface area (Å²) in [4.78, 5) is 54.8. The largest absolute Gasteiger partial charge is 0.508 e. The molecule has 1 unspecified atom stereocenters. The molecule has 47 heavy (non-hydrogen) atoms. The monoisotopic (exact) mass is 697 g/mol. The highest BCUT2D eigenvalue weighted by Crippen LogP contribution is 2.52. The van der Waals surface area contributed by atoms with Crippen LogP contribution in [0.3, 0.4) is 0 Å². The standard InChI is InChI=1S/C29H40N5O11PS/c1-27(2,3)42-25(35)40-14-19(15-41-26(36)43-28(4,5)6)46(37,38)45-44-29(12-13-29)16-34-17-31-21-22(34)32-24(30)33-23(21)47-20-10-8-18(39-7)9-11-20/h8-11,17,19H,12-16H2,1-7H3,(H,37,38)(H2,30,32,33). The van der Waals surface area contributed by atoms with Crippen molar-refractivity contribution in [2.45, 2.75) is 93.3 Å². The van der Waals surface area contributed by atoms with Gasteiger partial charge in [0.2, 0.25) is 5.95 Å². The van der Waals surface area contributed by atoms with E-state index in [9.17, 15) is 19.0 Å². The second-order valence-corrected chi connectivity index (χ2v) is 15.9. The van der Waals surface area contributed by atoms with E-state index in [0.29, 0.717) is 34.8 Å². The van der Waals surface area contributed by atoms with Gasteiger partial charge < -0.3 is 38.9 Å². The number of nitrogens with two attached hydrogens (primary N) is 1. The number of fused-ring (bicyclic) bond motifs is 1. The molecule has 1 aromatic carbocycles. The molecular weight excluding hydrogens is 657 g/mol. The number of ether oxygens (including phenoxy) is 5. The van der Waals surface area contributed by atoms with Gasteiger partial charge in [-0.3, -0.25) is 4.57 Å². The van der Waals surface area contributed by atoms with Gasteiger partial charge in [-0.2, -0.15) is 4.98 Å². The second-order valence-electron chi connectivity index (χ2n) is 12.8. The summed E-state index contributed by atoms with van der Waals surface area (Å²) in [5.74, 6) is 0.753. The molecule has 18 heteroatoms. The highest BCUT2D eigenvalue weighted by atomic mass is 32.2. The zero-order valence-corrected chi connectivity index (χ0v) is 29.0. The maximum absolute atomic E-state index is 13.4. The van der Waals surface area contributed by atoms with Crippen molar-refractivity contribution in [3.63, 3.8) is 0 Å². The van der Waals surface area contributed by atoms with Crippen LogP contribution < -0.4 is 10.5 Å². The summed E-state index contributed by atoms with van der Waals surface area (Å²) in [7, 11) is -3.16. The van der Waals surface area contributed by atoms with E-state index in [4.69, 9.17) is 39.0 Å². The van der Waals surface area contributed by atoms with Crippen LogP contribution in [0.5, 0.6) is 5.75 Å². The molecule has 0 bridgehead atoms. The van der Waals surface area contributed by atoms with Gasteiger partial charge in [0.1, 0.15) is 52.0 Å². The van der Waals surface area contributed by atoms with Crippen molar-refractivity contribution in [2.75, 3.05) is 26.1 Å². The lowest BCUT2D eigenvalue weighted by atomic mass is 10.2. The molecule has 0 saturated heterocycles. The van der Waals surface area contributed by atoms with Crippen LogP contribution in [0.25, 0.3) is 11.2 Å². The van der Waals surface area contributed by atoms with Crippen molar-refractivity contribution in [3.8, 4) is 5.75 Å². The predicted octanol–water partition coefficient (Wildman–Crippen LogP) is 5.51. The first kappa shape index (κ1) is 36.2. The van der Waals surface area contributed by atoms with Gasteiger partial charge in [0, 0.05) is 4.90 Å². The molecule has 4 rings (SSSR count). The maximum Gasteiger partial charge on any atom is 0.508 e. The molecule has 1 aliphatic carbocycles. The molecule has 1 aliphatic rings. The number of benzene rings is 1. The lowest BCUT2D eigenvalue weighted by Gasteiger charge is -2.25. The fourth-order valence-corrected chi connectivity index (χ4v) is 5.70. The molecule has 258 valence electrons. The topological polar surface area (TPSA) is 206 Å². The molecule has 0 spiro atoms. The van der Waals surface area contributed by atoms with Crippen LogP contribution in [-0.2, 0) is 39.6 Å². The minimum absolute atomic E-state index is 0.0370. The minimum Gasteiger partial charge on any atom is -0.497 e. The SMILES string of the molecule is COc1ccc(Sc2nc(N)nc3c2ncn3CC2(OOP(=O)(O)C(COC(=O)OC(C)(C)C)COC(=O)OC(C)(C)C)CC2)cc1. The molecule has 16 nitrogen and oxygen atoms in total. The van der Waals surface area contributed by atoms with E-state index in [-0.39, 0.29) is 12.5 Å². The summed E-state index contributed by atoms with van der Waals surface area (Å²) in [6.45, 7) is 8.57. The fourth-order valence-electron chi connectivity index (χ4n) is 3.91. The van der Waals surface area contributed by atoms with Gasteiger partial charge in [0.15, 0.2) is 5.65 Å². The summed E-state index contributed by atoms with van der Waals surface area (Å²) >= 11 is 1.36. The van der Waals surface area contributed by atoms with Crippen molar-refractivity contribution in [3.05, 3.63) is 30.6 Å². The van der Waals surface area contributed by atoms with E-state index < -0.39 is 55.6 Å². The molecule has 1 fully saturated rings. The van der Waals surface area contributed by atoms with E-state index in [0.717, 1.165) is 4.90 Å². The van der Waals surface area contributed by atoms with Crippen LogP contribution in [0.15, 0.2) is 40.5 Å². The van der Waals surface area contributed by atoms with Gasteiger partial charge in [0.05, 0.1) is 20.0 Å². The third kappa shape index (κ3) is 10.7. The van der Waals surface area contributed by atoms with Gasteiger partial charge in [-0.25, -0.2) is 24.4 Å². The Kier molecular flexibility index (Phi) is 11.0. The molecule has 2 heterocycles. The number of nitrogens with zero attached hydrogens (tertiary/aromatic N) is 4. The molecule has 2 aromatic heterocycles. The molecule has 3 aromatic rings. The first-order valence-corrected chi connectivity index (χ1v) is 17.0. The summed E-state index contributed by atoms with van der Waals surface area (Å²) in [5.41, 5.74) is 2.70. The number of methoxy groups -OCH3 is 1. The third-order valence-corrected chi connectivity index (χ3v) is 8.83. The molecule has 0 amide bonds. The first-order chi connectivity index (χ1) is 21.9. The zero-order valence-electron chi connectivity index (χ0n) is 27.3. The van der Waals surface area contributed by atoms with Crippen LogP contribution in [0.4, 0.5) is 15.5 Å². The molecule has 1 saturated carbocycles. The fraction of sp³-hybridized carbons (Fsp3) is 0.552. The highest BCUT2D eigenvalue weighted by Gasteiger charge is 2.49. The zero-order chi connectivity index (χ0) is 34.6. The molecule has 3 N–H and O–H groups in total. The van der Waals surface area contributed by atoms with Crippen molar-refractivity contribution in [1.82, 2.24) is 19.5 Å². The number of carbonyl (C=O) groups is 2. The molecule has 1 atom stereocenters. The highest BCUT2D eigenvalue weighted by molar-refractivity contribution is 7.99. The maximum atomic E-state index is 13.4. The number of hydrogen-bond acceptors (Lipinski definition) is 15. The quantitative estimate of drug-likeness (QED) is 0.0743. The van der Waals surface area contributed by atoms with Crippen molar-refractivity contribution in [2.24, 2.45) is 0 Å². The number of anilines is 1. The second kappa shape index (κ2) is 14.2. The minimum atomic E-state index is -4.74. The Bertz CT molecular complexity index is 1590. The Balaban J connectivity index is 1.45. The molecular formula is C29H40N5O11PS. The average Bonchev–Trinajstić information content (AvgIpc) is 3.61. The summed E-state index contributed by atoms with van der Waals surface area (Å²) in [6, 6.07) is 7.42. The van der Waals surface area contributed by atoms with Crippen LogP contribution in [0, 0.1) is 0 Å². The van der Waals surface area contributed by atoms with Gasteiger partial charge >= 0.3 is 19.9 Å². The Morgan fingerprint density at radius 2 is 1.60 bits per heavy atom.